The molecule has 3 fully saturated rings. The Morgan fingerprint density at radius 3 is 2.30 bits per heavy atom. The van der Waals surface area contributed by atoms with Crippen LogP contribution in [0.4, 0.5) is 18.0 Å². The first-order chi connectivity index (χ1) is 14.2. The molecule has 5 nitrogen and oxygen atoms in total. The van der Waals surface area contributed by atoms with E-state index < -0.39 is 17.3 Å². The second-order valence-electron chi connectivity index (χ2n) is 9.08. The standard InChI is InChI=1S/C22H29F3N2O3/c23-22(24,25)18-5-1-16(2-6-18)13-26-11-9-21(10-12-26)15-27(20(29)30-21)14-17-3-7-19(28)8-4-17/h1-2,5-6,17,19,28H,3-4,7-15H2. The lowest BCUT2D eigenvalue weighted by atomic mass is 9.86. The first-order valence-corrected chi connectivity index (χ1v) is 10.8. The molecule has 1 aliphatic carbocycles. The Kier molecular flexibility index (Phi) is 5.99. The molecule has 1 spiro atoms. The van der Waals surface area contributed by atoms with Gasteiger partial charge in [-0.2, -0.15) is 13.2 Å². The molecular weight excluding hydrogens is 397 g/mol. The van der Waals surface area contributed by atoms with Crippen molar-refractivity contribution in [1.82, 2.24) is 9.80 Å². The highest BCUT2D eigenvalue weighted by atomic mass is 19.4. The zero-order valence-corrected chi connectivity index (χ0v) is 17.0. The van der Waals surface area contributed by atoms with E-state index in [0.717, 1.165) is 69.3 Å². The number of piperidine rings is 1. The summed E-state index contributed by atoms with van der Waals surface area (Å²) in [6, 6.07) is 5.32. The number of carbonyl (C=O) groups is 1. The van der Waals surface area contributed by atoms with E-state index in [2.05, 4.69) is 4.90 Å². The van der Waals surface area contributed by atoms with Gasteiger partial charge in [-0.25, -0.2) is 4.79 Å². The summed E-state index contributed by atoms with van der Waals surface area (Å²) in [5.41, 5.74) is -0.222. The predicted octanol–water partition coefficient (Wildman–Crippen LogP) is 4.04. The largest absolute Gasteiger partial charge is 0.441 e. The highest BCUT2D eigenvalue weighted by Gasteiger charge is 2.47. The minimum atomic E-state index is -4.31. The second-order valence-corrected chi connectivity index (χ2v) is 9.08. The first-order valence-electron chi connectivity index (χ1n) is 10.8. The maximum Gasteiger partial charge on any atom is 0.416 e. The molecule has 0 aromatic heterocycles. The molecule has 0 atom stereocenters. The molecule has 2 aliphatic heterocycles. The van der Waals surface area contributed by atoms with E-state index in [4.69, 9.17) is 4.74 Å². The van der Waals surface area contributed by atoms with Crippen LogP contribution in [0.15, 0.2) is 24.3 Å². The van der Waals surface area contributed by atoms with Crippen LogP contribution in [0.25, 0.3) is 0 Å². The van der Waals surface area contributed by atoms with Crippen LogP contribution in [-0.2, 0) is 17.5 Å². The summed E-state index contributed by atoms with van der Waals surface area (Å²) in [7, 11) is 0. The van der Waals surface area contributed by atoms with E-state index in [1.807, 2.05) is 4.90 Å². The van der Waals surface area contributed by atoms with Crippen LogP contribution in [-0.4, -0.2) is 58.9 Å². The minimum Gasteiger partial charge on any atom is -0.441 e. The summed E-state index contributed by atoms with van der Waals surface area (Å²) < 4.78 is 43.9. The number of rotatable bonds is 4. The number of halogens is 3. The topological polar surface area (TPSA) is 53.0 Å². The van der Waals surface area contributed by atoms with Gasteiger partial charge in [-0.1, -0.05) is 12.1 Å². The monoisotopic (exact) mass is 426 g/mol. The van der Waals surface area contributed by atoms with Crippen LogP contribution in [0, 0.1) is 5.92 Å². The highest BCUT2D eigenvalue weighted by molar-refractivity contribution is 5.70. The van der Waals surface area contributed by atoms with Gasteiger partial charge in [0.2, 0.25) is 0 Å². The Bertz CT molecular complexity index is 737. The Labute approximate surface area is 174 Å². The van der Waals surface area contributed by atoms with Crippen molar-refractivity contribution in [1.29, 1.82) is 0 Å². The summed E-state index contributed by atoms with van der Waals surface area (Å²) >= 11 is 0. The van der Waals surface area contributed by atoms with Crippen molar-refractivity contribution in [2.24, 2.45) is 5.92 Å². The third-order valence-electron chi connectivity index (χ3n) is 6.79. The van der Waals surface area contributed by atoms with Crippen molar-refractivity contribution >= 4 is 6.09 Å². The van der Waals surface area contributed by atoms with Gasteiger partial charge in [0.25, 0.3) is 0 Å². The average molecular weight is 426 g/mol. The van der Waals surface area contributed by atoms with Crippen molar-refractivity contribution in [3.8, 4) is 0 Å². The van der Waals surface area contributed by atoms with Crippen molar-refractivity contribution < 1.29 is 27.8 Å². The Morgan fingerprint density at radius 2 is 1.70 bits per heavy atom. The summed E-state index contributed by atoms with van der Waals surface area (Å²) in [6.07, 6.45) is 0.210. The molecule has 0 radical (unpaired) electrons. The van der Waals surface area contributed by atoms with E-state index in [-0.39, 0.29) is 12.2 Å². The first kappa shape index (κ1) is 21.4. The number of nitrogens with zero attached hydrogens (tertiary/aromatic N) is 2. The molecule has 2 heterocycles. The highest BCUT2D eigenvalue weighted by Crippen LogP contribution is 2.36. The van der Waals surface area contributed by atoms with Gasteiger partial charge in [0.05, 0.1) is 18.2 Å². The molecule has 1 aromatic rings. The number of hydrogen-bond acceptors (Lipinski definition) is 4. The Balaban J connectivity index is 1.27. The molecule has 1 aromatic carbocycles. The molecule has 1 saturated carbocycles. The van der Waals surface area contributed by atoms with Crippen LogP contribution in [0.3, 0.4) is 0 Å². The summed E-state index contributed by atoms with van der Waals surface area (Å²) in [4.78, 5) is 16.4. The molecule has 1 amide bonds. The number of aliphatic hydroxyl groups excluding tert-OH is 1. The third kappa shape index (κ3) is 4.91. The third-order valence-corrected chi connectivity index (χ3v) is 6.79. The molecule has 30 heavy (non-hydrogen) atoms. The van der Waals surface area contributed by atoms with Crippen molar-refractivity contribution in [3.63, 3.8) is 0 Å². The normalized spacial score (nSPS) is 27.5. The Morgan fingerprint density at radius 1 is 1.07 bits per heavy atom. The predicted molar refractivity (Wildman–Crippen MR) is 105 cm³/mol. The van der Waals surface area contributed by atoms with Crippen LogP contribution >= 0.6 is 0 Å². The van der Waals surface area contributed by atoms with Gasteiger partial charge in [0.15, 0.2) is 0 Å². The summed E-state index contributed by atoms with van der Waals surface area (Å²) in [6.45, 7) is 3.40. The van der Waals surface area contributed by atoms with Gasteiger partial charge in [-0.3, -0.25) is 4.90 Å². The second kappa shape index (κ2) is 8.38. The van der Waals surface area contributed by atoms with E-state index in [1.165, 1.54) is 12.1 Å². The number of amides is 1. The molecule has 2 saturated heterocycles. The molecule has 0 bridgehead atoms. The number of likely N-dealkylation sites (tertiary alicyclic amines) is 1. The van der Waals surface area contributed by atoms with E-state index >= 15 is 0 Å². The number of carbonyl (C=O) groups excluding carboxylic acids is 1. The smallest absolute Gasteiger partial charge is 0.416 e. The lowest BCUT2D eigenvalue weighted by Gasteiger charge is -2.37. The molecule has 1 N–H and O–H groups in total. The van der Waals surface area contributed by atoms with Gasteiger partial charge in [0.1, 0.15) is 5.60 Å². The molecule has 4 rings (SSSR count). The number of benzene rings is 1. The van der Waals surface area contributed by atoms with Gasteiger partial charge in [-0.05, 0) is 49.3 Å². The maximum atomic E-state index is 12.7. The molecule has 8 heteroatoms. The van der Waals surface area contributed by atoms with Crippen LogP contribution in [0.2, 0.25) is 0 Å². The molecule has 3 aliphatic rings. The fourth-order valence-electron chi connectivity index (χ4n) is 4.91. The zero-order chi connectivity index (χ0) is 21.4. The number of hydrogen-bond donors (Lipinski definition) is 1. The van der Waals surface area contributed by atoms with Gasteiger partial charge < -0.3 is 14.7 Å². The summed E-state index contributed by atoms with van der Waals surface area (Å²) in [5, 5.41) is 9.66. The fraction of sp³-hybridized carbons (Fsp3) is 0.682. The average Bonchev–Trinajstić information content (AvgIpc) is 3.00. The van der Waals surface area contributed by atoms with Crippen molar-refractivity contribution in [3.05, 3.63) is 35.4 Å². The van der Waals surface area contributed by atoms with Crippen LogP contribution in [0.1, 0.15) is 49.7 Å². The van der Waals surface area contributed by atoms with E-state index in [9.17, 15) is 23.1 Å². The lowest BCUT2D eigenvalue weighted by Crippen LogP contribution is -2.46. The number of alkyl halides is 3. The minimum absolute atomic E-state index is 0.202. The molecular formula is C22H29F3N2O3. The fourth-order valence-corrected chi connectivity index (χ4v) is 4.91. The van der Waals surface area contributed by atoms with Crippen LogP contribution in [0.5, 0.6) is 0 Å². The zero-order valence-electron chi connectivity index (χ0n) is 17.0. The SMILES string of the molecule is O=C1OC2(CCN(Cc3ccc(C(F)(F)F)cc3)CC2)CN1CC1CCC(O)CC1. The Hall–Kier alpha value is -1.80. The summed E-state index contributed by atoms with van der Waals surface area (Å²) in [5.74, 6) is 0.427. The van der Waals surface area contributed by atoms with Gasteiger partial charge in [0, 0.05) is 39.0 Å². The van der Waals surface area contributed by atoms with Gasteiger partial charge in [-0.15, -0.1) is 0 Å². The van der Waals surface area contributed by atoms with Crippen LogP contribution < -0.4 is 0 Å². The number of ether oxygens (including phenoxy) is 1. The molecule has 166 valence electrons. The quantitative estimate of drug-likeness (QED) is 0.790. The van der Waals surface area contributed by atoms with E-state index in [1.54, 1.807) is 0 Å². The molecule has 0 unspecified atom stereocenters. The number of aliphatic hydroxyl groups is 1. The lowest BCUT2D eigenvalue weighted by molar-refractivity contribution is -0.137. The van der Waals surface area contributed by atoms with Crippen molar-refractivity contribution in [2.75, 3.05) is 26.2 Å². The van der Waals surface area contributed by atoms with Crippen molar-refractivity contribution in [2.45, 2.75) is 63.0 Å². The van der Waals surface area contributed by atoms with E-state index in [0.29, 0.717) is 25.6 Å². The maximum absolute atomic E-state index is 12.7. The van der Waals surface area contributed by atoms with Gasteiger partial charge >= 0.3 is 12.3 Å².